The van der Waals surface area contributed by atoms with Crippen molar-refractivity contribution in [2.45, 2.75) is 12.5 Å². The summed E-state index contributed by atoms with van der Waals surface area (Å²) in [5.41, 5.74) is 2.88. The lowest BCUT2D eigenvalue weighted by atomic mass is 9.97. The molecule has 0 spiro atoms. The minimum Gasteiger partial charge on any atom is -0.372 e. The van der Waals surface area contributed by atoms with E-state index in [-0.39, 0.29) is 11.3 Å². The first-order chi connectivity index (χ1) is 15.3. The van der Waals surface area contributed by atoms with E-state index in [0.717, 1.165) is 5.56 Å². The fourth-order valence-corrected chi connectivity index (χ4v) is 3.76. The van der Waals surface area contributed by atoms with Gasteiger partial charge in [0.25, 0.3) is 11.6 Å². The van der Waals surface area contributed by atoms with Crippen molar-refractivity contribution in [2.24, 2.45) is 5.10 Å². The number of nitrogens with zero attached hydrogens (tertiary/aromatic N) is 4. The van der Waals surface area contributed by atoms with E-state index in [1.807, 2.05) is 30.3 Å². The summed E-state index contributed by atoms with van der Waals surface area (Å²) in [6.45, 7) is 0. The van der Waals surface area contributed by atoms with E-state index in [1.165, 1.54) is 35.3 Å². The number of nitro groups is 1. The highest BCUT2D eigenvalue weighted by Gasteiger charge is 2.35. The summed E-state index contributed by atoms with van der Waals surface area (Å²) in [5.74, 6) is -0.844. The Hall–Kier alpha value is -4.07. The molecular weight excluding hydrogens is 411 g/mol. The summed E-state index contributed by atoms with van der Waals surface area (Å²) in [4.78, 5) is 26.2. The number of hydrogen-bond donors (Lipinski definition) is 0. The van der Waals surface area contributed by atoms with Crippen LogP contribution < -0.4 is 4.90 Å². The third-order valence-corrected chi connectivity index (χ3v) is 5.38. The van der Waals surface area contributed by atoms with Gasteiger partial charge in [-0.2, -0.15) is 5.10 Å². The Morgan fingerprint density at radius 2 is 1.78 bits per heavy atom. The molecule has 3 aromatic carbocycles. The van der Waals surface area contributed by atoms with Crippen LogP contribution in [0, 0.1) is 15.9 Å². The van der Waals surface area contributed by atoms with Crippen molar-refractivity contribution in [3.8, 4) is 0 Å². The van der Waals surface area contributed by atoms with Crippen molar-refractivity contribution in [3.05, 3.63) is 105 Å². The molecule has 0 aromatic heterocycles. The van der Waals surface area contributed by atoms with Crippen molar-refractivity contribution in [2.75, 3.05) is 19.0 Å². The van der Waals surface area contributed by atoms with E-state index in [9.17, 15) is 19.3 Å². The van der Waals surface area contributed by atoms with E-state index < -0.39 is 22.7 Å². The number of carbonyl (C=O) groups is 1. The van der Waals surface area contributed by atoms with Gasteiger partial charge in [0.15, 0.2) is 0 Å². The van der Waals surface area contributed by atoms with Crippen LogP contribution in [-0.2, 0) is 0 Å². The summed E-state index contributed by atoms with van der Waals surface area (Å²) in [6, 6.07) is 19.1. The van der Waals surface area contributed by atoms with Crippen LogP contribution >= 0.6 is 0 Å². The van der Waals surface area contributed by atoms with Crippen LogP contribution in [0.5, 0.6) is 0 Å². The molecule has 1 aliphatic rings. The molecule has 4 rings (SSSR count). The average Bonchev–Trinajstić information content (AvgIpc) is 3.24. The number of nitro benzene ring substituents is 1. The minimum absolute atomic E-state index is 0.0464. The van der Waals surface area contributed by atoms with Crippen molar-refractivity contribution in [1.29, 1.82) is 0 Å². The number of benzene rings is 3. The molecule has 0 fully saturated rings. The van der Waals surface area contributed by atoms with Crippen LogP contribution in [0.1, 0.15) is 33.9 Å². The zero-order valence-electron chi connectivity index (χ0n) is 17.6. The first kappa shape index (κ1) is 21.2. The number of amides is 1. The molecule has 0 saturated heterocycles. The van der Waals surface area contributed by atoms with E-state index >= 15 is 0 Å². The predicted octanol–water partition coefficient (Wildman–Crippen LogP) is 4.79. The molecule has 0 aliphatic carbocycles. The number of carbonyl (C=O) groups excluding carboxylic acids is 1. The molecule has 0 bridgehead atoms. The number of hydrazone groups is 1. The molecule has 0 saturated carbocycles. The van der Waals surface area contributed by atoms with Crippen LogP contribution in [0.15, 0.2) is 77.9 Å². The fraction of sp³-hybridized carbons (Fsp3) is 0.167. The standard InChI is InChI=1S/C24H21FN4O3/c1-27(2)21-13-10-18(14-23(21)29(31)32)22-15-20(16-6-4-3-5-7-16)26-28(22)24(30)17-8-11-19(25)12-9-17/h3-14,22H,15H2,1-2H3. The summed E-state index contributed by atoms with van der Waals surface area (Å²) in [7, 11) is 3.47. The second kappa shape index (κ2) is 8.58. The van der Waals surface area contributed by atoms with Gasteiger partial charge in [-0.15, -0.1) is 0 Å². The van der Waals surface area contributed by atoms with Gasteiger partial charge in [-0.3, -0.25) is 14.9 Å². The van der Waals surface area contributed by atoms with Gasteiger partial charge >= 0.3 is 0 Å². The largest absolute Gasteiger partial charge is 0.372 e. The Bertz CT molecular complexity index is 1190. The van der Waals surface area contributed by atoms with E-state index in [4.69, 9.17) is 0 Å². The first-order valence-electron chi connectivity index (χ1n) is 10.0. The number of rotatable bonds is 5. The van der Waals surface area contributed by atoms with Gasteiger partial charge in [-0.1, -0.05) is 36.4 Å². The Kier molecular flexibility index (Phi) is 5.68. The van der Waals surface area contributed by atoms with Crippen LogP contribution in [0.2, 0.25) is 0 Å². The smallest absolute Gasteiger partial charge is 0.292 e. The molecule has 3 aromatic rings. The van der Waals surface area contributed by atoms with Crippen LogP contribution in [-0.4, -0.2) is 35.6 Å². The maximum absolute atomic E-state index is 13.4. The molecule has 1 aliphatic heterocycles. The maximum Gasteiger partial charge on any atom is 0.292 e. The predicted molar refractivity (Wildman–Crippen MR) is 120 cm³/mol. The Morgan fingerprint density at radius 3 is 2.41 bits per heavy atom. The number of halogens is 1. The highest BCUT2D eigenvalue weighted by Crippen LogP contribution is 2.37. The summed E-state index contributed by atoms with van der Waals surface area (Å²) in [6.07, 6.45) is 0.398. The third-order valence-electron chi connectivity index (χ3n) is 5.38. The van der Waals surface area contributed by atoms with E-state index in [0.29, 0.717) is 23.4 Å². The van der Waals surface area contributed by atoms with Crippen LogP contribution in [0.3, 0.4) is 0 Å². The van der Waals surface area contributed by atoms with Gasteiger partial charge in [-0.05, 0) is 41.5 Å². The number of anilines is 1. The molecule has 1 atom stereocenters. The van der Waals surface area contributed by atoms with Crippen LogP contribution in [0.4, 0.5) is 15.8 Å². The average molecular weight is 432 g/mol. The van der Waals surface area contributed by atoms with Crippen LogP contribution in [0.25, 0.3) is 0 Å². The zero-order valence-corrected chi connectivity index (χ0v) is 17.6. The summed E-state index contributed by atoms with van der Waals surface area (Å²) < 4.78 is 13.4. The molecule has 32 heavy (non-hydrogen) atoms. The van der Waals surface area contributed by atoms with E-state index in [2.05, 4.69) is 5.10 Å². The second-order valence-electron chi connectivity index (χ2n) is 7.69. The quantitative estimate of drug-likeness (QED) is 0.429. The topological polar surface area (TPSA) is 79.0 Å². The molecule has 8 heteroatoms. The molecule has 1 heterocycles. The Morgan fingerprint density at radius 1 is 1.09 bits per heavy atom. The zero-order chi connectivity index (χ0) is 22.8. The Balaban J connectivity index is 1.77. The molecular formula is C24H21FN4O3. The van der Waals surface area contributed by atoms with Gasteiger partial charge in [0.1, 0.15) is 11.5 Å². The van der Waals surface area contributed by atoms with Crippen molar-refractivity contribution >= 4 is 23.0 Å². The lowest BCUT2D eigenvalue weighted by Crippen LogP contribution is -2.27. The van der Waals surface area contributed by atoms with Crippen molar-refractivity contribution < 1.29 is 14.1 Å². The summed E-state index contributed by atoms with van der Waals surface area (Å²) in [5, 5.41) is 17.6. The maximum atomic E-state index is 13.4. The van der Waals surface area contributed by atoms with Crippen molar-refractivity contribution in [3.63, 3.8) is 0 Å². The SMILES string of the molecule is CN(C)c1ccc(C2CC(c3ccccc3)=NN2C(=O)c2ccc(F)cc2)cc1[N+](=O)[O-]. The van der Waals surface area contributed by atoms with Gasteiger partial charge in [0.05, 0.1) is 16.7 Å². The second-order valence-corrected chi connectivity index (χ2v) is 7.69. The molecule has 1 amide bonds. The third kappa shape index (κ3) is 4.07. The lowest BCUT2D eigenvalue weighted by Gasteiger charge is -2.23. The molecule has 162 valence electrons. The van der Waals surface area contributed by atoms with Gasteiger partial charge in [-0.25, -0.2) is 9.40 Å². The van der Waals surface area contributed by atoms with Gasteiger partial charge in [0, 0.05) is 32.1 Å². The molecule has 1 unspecified atom stereocenters. The monoisotopic (exact) mass is 432 g/mol. The fourth-order valence-electron chi connectivity index (χ4n) is 3.76. The van der Waals surface area contributed by atoms with E-state index in [1.54, 1.807) is 31.1 Å². The Labute approximate surface area is 184 Å². The number of hydrogen-bond acceptors (Lipinski definition) is 5. The molecule has 0 N–H and O–H groups in total. The van der Waals surface area contributed by atoms with Gasteiger partial charge in [0.2, 0.25) is 0 Å². The normalized spacial score (nSPS) is 15.4. The summed E-state index contributed by atoms with van der Waals surface area (Å²) >= 11 is 0. The lowest BCUT2D eigenvalue weighted by molar-refractivity contribution is -0.384. The molecule has 0 radical (unpaired) electrons. The highest BCUT2D eigenvalue weighted by atomic mass is 19.1. The van der Waals surface area contributed by atoms with Gasteiger partial charge < -0.3 is 4.90 Å². The first-order valence-corrected chi connectivity index (χ1v) is 10.0. The van der Waals surface area contributed by atoms with Crippen molar-refractivity contribution in [1.82, 2.24) is 5.01 Å². The minimum atomic E-state index is -0.530. The molecule has 7 nitrogen and oxygen atoms in total. The highest BCUT2D eigenvalue weighted by molar-refractivity contribution is 6.05.